The highest BCUT2D eigenvalue weighted by molar-refractivity contribution is 9.10. The zero-order chi connectivity index (χ0) is 13.2. The van der Waals surface area contributed by atoms with E-state index in [1.165, 1.54) is 12.1 Å². The van der Waals surface area contributed by atoms with Gasteiger partial charge in [-0.3, -0.25) is 0 Å². The molecule has 1 aliphatic rings. The van der Waals surface area contributed by atoms with Gasteiger partial charge in [0.25, 0.3) is 0 Å². The molecule has 1 fully saturated rings. The zero-order valence-corrected chi connectivity index (χ0v) is 12.1. The van der Waals surface area contributed by atoms with E-state index in [-0.39, 0.29) is 11.0 Å². The van der Waals surface area contributed by atoms with Crippen molar-refractivity contribution < 1.29 is 13.2 Å². The van der Waals surface area contributed by atoms with Crippen molar-refractivity contribution >= 4 is 31.6 Å². The third-order valence-corrected chi connectivity index (χ3v) is 4.92. The van der Waals surface area contributed by atoms with Crippen molar-refractivity contribution in [3.05, 3.63) is 22.7 Å². The fourth-order valence-corrected chi connectivity index (χ4v) is 3.39. The van der Waals surface area contributed by atoms with Gasteiger partial charge in [0.05, 0.1) is 11.0 Å². The number of sulfonamides is 1. The number of nitrogens with two attached hydrogens (primary N) is 1. The van der Waals surface area contributed by atoms with Gasteiger partial charge in [0.1, 0.15) is 0 Å². The van der Waals surface area contributed by atoms with E-state index >= 15 is 0 Å². The summed E-state index contributed by atoms with van der Waals surface area (Å²) in [6.07, 6.45) is 1.87. The number of anilines is 1. The largest absolute Gasteiger partial charge is 0.398 e. The van der Waals surface area contributed by atoms with Crippen LogP contribution in [0.25, 0.3) is 0 Å². The van der Waals surface area contributed by atoms with E-state index in [0.29, 0.717) is 23.3 Å². The van der Waals surface area contributed by atoms with Crippen molar-refractivity contribution in [1.82, 2.24) is 4.72 Å². The zero-order valence-electron chi connectivity index (χ0n) is 9.73. The van der Waals surface area contributed by atoms with E-state index in [1.54, 1.807) is 6.07 Å². The lowest BCUT2D eigenvalue weighted by Crippen LogP contribution is -2.31. The average molecular weight is 335 g/mol. The summed E-state index contributed by atoms with van der Waals surface area (Å²) in [6.45, 7) is 1.02. The molecule has 0 spiro atoms. The first-order valence-corrected chi connectivity index (χ1v) is 7.93. The smallest absolute Gasteiger partial charge is 0.240 e. The van der Waals surface area contributed by atoms with Crippen LogP contribution in [0.4, 0.5) is 5.69 Å². The summed E-state index contributed by atoms with van der Waals surface area (Å²) in [7, 11) is -3.50. The second kappa shape index (κ2) is 5.56. The fourth-order valence-electron chi connectivity index (χ4n) is 1.77. The third kappa shape index (κ3) is 3.23. The van der Waals surface area contributed by atoms with Crippen molar-refractivity contribution in [2.45, 2.75) is 23.8 Å². The van der Waals surface area contributed by atoms with Crippen LogP contribution in [0.3, 0.4) is 0 Å². The maximum atomic E-state index is 12.0. The van der Waals surface area contributed by atoms with Crippen LogP contribution in [0, 0.1) is 0 Å². The van der Waals surface area contributed by atoms with Crippen molar-refractivity contribution in [1.29, 1.82) is 0 Å². The predicted octanol–water partition coefficient (Wildman–Crippen LogP) is 1.49. The number of nitrogen functional groups attached to an aromatic ring is 1. The van der Waals surface area contributed by atoms with Crippen LogP contribution in [-0.2, 0) is 14.8 Å². The van der Waals surface area contributed by atoms with Crippen molar-refractivity contribution in [2.24, 2.45) is 0 Å². The van der Waals surface area contributed by atoms with E-state index in [0.717, 1.165) is 12.8 Å². The van der Waals surface area contributed by atoms with Crippen molar-refractivity contribution in [3.63, 3.8) is 0 Å². The molecular weight excluding hydrogens is 320 g/mol. The Morgan fingerprint density at radius 3 is 2.89 bits per heavy atom. The molecule has 1 aromatic carbocycles. The van der Waals surface area contributed by atoms with Crippen molar-refractivity contribution in [3.8, 4) is 0 Å². The second-order valence-electron chi connectivity index (χ2n) is 4.17. The molecule has 1 aliphatic heterocycles. The molecule has 1 unspecified atom stereocenters. The summed E-state index contributed by atoms with van der Waals surface area (Å²) >= 11 is 3.21. The summed E-state index contributed by atoms with van der Waals surface area (Å²) in [5.41, 5.74) is 6.13. The molecule has 3 N–H and O–H groups in total. The Hall–Kier alpha value is -0.630. The van der Waals surface area contributed by atoms with Crippen LogP contribution in [0.15, 0.2) is 27.6 Å². The molecule has 0 radical (unpaired) electrons. The molecule has 5 nitrogen and oxygen atoms in total. The van der Waals surface area contributed by atoms with Crippen LogP contribution in [0.1, 0.15) is 12.8 Å². The minimum absolute atomic E-state index is 0.0167. The lowest BCUT2D eigenvalue weighted by atomic mass is 10.2. The highest BCUT2D eigenvalue weighted by Gasteiger charge is 2.20. The molecular formula is C11H15BrN2O3S. The first kappa shape index (κ1) is 13.8. The Labute approximate surface area is 115 Å². The summed E-state index contributed by atoms with van der Waals surface area (Å²) in [5, 5.41) is 0. The van der Waals surface area contributed by atoms with Crippen LogP contribution in [0.2, 0.25) is 0 Å². The fraction of sp³-hybridized carbons (Fsp3) is 0.455. The molecule has 1 heterocycles. The highest BCUT2D eigenvalue weighted by atomic mass is 79.9. The molecule has 18 heavy (non-hydrogen) atoms. The number of hydrogen-bond donors (Lipinski definition) is 2. The first-order chi connectivity index (χ1) is 8.49. The number of halogens is 1. The standard InChI is InChI=1S/C11H15BrN2O3S/c12-10-6-9(3-4-11(10)13)18(15,16)14-7-8-2-1-5-17-8/h3-4,6,8,14H,1-2,5,7,13H2. The lowest BCUT2D eigenvalue weighted by Gasteiger charge is -2.11. The number of ether oxygens (including phenoxy) is 1. The van der Waals surface area contributed by atoms with Crippen LogP contribution in [-0.4, -0.2) is 27.7 Å². The second-order valence-corrected chi connectivity index (χ2v) is 6.79. The van der Waals surface area contributed by atoms with Gasteiger partial charge in [-0.1, -0.05) is 0 Å². The van der Waals surface area contributed by atoms with Crippen LogP contribution in [0.5, 0.6) is 0 Å². The maximum Gasteiger partial charge on any atom is 0.240 e. The van der Waals surface area contributed by atoms with Gasteiger partial charge in [0.2, 0.25) is 10.0 Å². The van der Waals surface area contributed by atoms with Gasteiger partial charge in [-0.25, -0.2) is 13.1 Å². The SMILES string of the molecule is Nc1ccc(S(=O)(=O)NCC2CCCO2)cc1Br. The van der Waals surface area contributed by atoms with Gasteiger partial charge >= 0.3 is 0 Å². The molecule has 7 heteroatoms. The van der Waals surface area contributed by atoms with Gasteiger partial charge in [0, 0.05) is 23.3 Å². The number of rotatable bonds is 4. The number of benzene rings is 1. The lowest BCUT2D eigenvalue weighted by molar-refractivity contribution is 0.114. The van der Waals surface area contributed by atoms with Crippen LogP contribution >= 0.6 is 15.9 Å². The van der Waals surface area contributed by atoms with Crippen LogP contribution < -0.4 is 10.5 Å². The summed E-state index contributed by atoms with van der Waals surface area (Å²) in [6, 6.07) is 4.54. The molecule has 0 bridgehead atoms. The topological polar surface area (TPSA) is 81.4 Å². The third-order valence-electron chi connectivity index (χ3n) is 2.81. The van der Waals surface area contributed by atoms with E-state index in [2.05, 4.69) is 20.7 Å². The normalized spacial score (nSPS) is 20.2. The van der Waals surface area contributed by atoms with E-state index in [4.69, 9.17) is 10.5 Å². The Morgan fingerprint density at radius 1 is 1.50 bits per heavy atom. The Kier molecular flexibility index (Phi) is 4.26. The van der Waals surface area contributed by atoms with Gasteiger partial charge in [-0.2, -0.15) is 0 Å². The Balaban J connectivity index is 2.07. The summed E-state index contributed by atoms with van der Waals surface area (Å²) in [4.78, 5) is 0.196. The van der Waals surface area contributed by atoms with E-state index < -0.39 is 10.0 Å². The van der Waals surface area contributed by atoms with Gasteiger partial charge in [-0.05, 0) is 47.0 Å². The quantitative estimate of drug-likeness (QED) is 0.817. The van der Waals surface area contributed by atoms with Gasteiger partial charge in [-0.15, -0.1) is 0 Å². The Morgan fingerprint density at radius 2 is 2.28 bits per heavy atom. The molecule has 1 atom stereocenters. The van der Waals surface area contributed by atoms with Gasteiger partial charge in [0.15, 0.2) is 0 Å². The summed E-state index contributed by atoms with van der Waals surface area (Å²) < 4.78 is 32.5. The predicted molar refractivity (Wildman–Crippen MR) is 72.7 cm³/mol. The Bertz CT molecular complexity index is 527. The molecule has 0 amide bonds. The van der Waals surface area contributed by atoms with Gasteiger partial charge < -0.3 is 10.5 Å². The van der Waals surface area contributed by atoms with E-state index in [9.17, 15) is 8.42 Å². The molecule has 1 saturated heterocycles. The van der Waals surface area contributed by atoms with E-state index in [1.807, 2.05) is 0 Å². The molecule has 0 aromatic heterocycles. The molecule has 100 valence electrons. The molecule has 0 saturated carbocycles. The monoisotopic (exact) mass is 334 g/mol. The first-order valence-electron chi connectivity index (χ1n) is 5.65. The minimum atomic E-state index is -3.50. The summed E-state index contributed by atoms with van der Waals surface area (Å²) in [5.74, 6) is 0. The number of hydrogen-bond acceptors (Lipinski definition) is 4. The highest BCUT2D eigenvalue weighted by Crippen LogP contribution is 2.23. The number of nitrogens with one attached hydrogen (secondary N) is 1. The average Bonchev–Trinajstić information content (AvgIpc) is 2.83. The van der Waals surface area contributed by atoms with Crippen molar-refractivity contribution in [2.75, 3.05) is 18.9 Å². The molecule has 2 rings (SSSR count). The molecule has 1 aromatic rings. The maximum absolute atomic E-state index is 12.0. The molecule has 0 aliphatic carbocycles. The minimum Gasteiger partial charge on any atom is -0.398 e.